The summed E-state index contributed by atoms with van der Waals surface area (Å²) in [5.74, 6) is 0.779. The van der Waals surface area contributed by atoms with Gasteiger partial charge in [0.15, 0.2) is 0 Å². The van der Waals surface area contributed by atoms with Gasteiger partial charge in [-0.3, -0.25) is 4.68 Å². The van der Waals surface area contributed by atoms with Crippen LogP contribution in [0.2, 0.25) is 0 Å². The van der Waals surface area contributed by atoms with Crippen LogP contribution in [0.5, 0.6) is 5.75 Å². The number of benzene rings is 1. The Kier molecular flexibility index (Phi) is 5.37. The van der Waals surface area contributed by atoms with Gasteiger partial charge in [0.05, 0.1) is 24.3 Å². The van der Waals surface area contributed by atoms with E-state index in [-0.39, 0.29) is 6.61 Å². The third-order valence-corrected chi connectivity index (χ3v) is 3.41. The van der Waals surface area contributed by atoms with Crippen molar-refractivity contribution in [1.29, 1.82) is 0 Å². The van der Waals surface area contributed by atoms with E-state index in [0.717, 1.165) is 21.6 Å². The summed E-state index contributed by atoms with van der Waals surface area (Å²) in [6.45, 7) is 1.42. The number of nitrogens with zero attached hydrogens (tertiary/aromatic N) is 3. The number of halogens is 1. The van der Waals surface area contributed by atoms with Gasteiger partial charge in [-0.1, -0.05) is 5.21 Å². The average molecular weight is 341 g/mol. The van der Waals surface area contributed by atoms with Crippen LogP contribution in [0.3, 0.4) is 0 Å². The molecule has 1 aromatic carbocycles. The lowest BCUT2D eigenvalue weighted by molar-refractivity contribution is 0.276. The van der Waals surface area contributed by atoms with E-state index < -0.39 is 0 Å². The molecule has 0 aliphatic rings. The van der Waals surface area contributed by atoms with Gasteiger partial charge >= 0.3 is 0 Å². The fourth-order valence-corrected chi connectivity index (χ4v) is 2.13. The van der Waals surface area contributed by atoms with E-state index in [1.54, 1.807) is 11.8 Å². The molecular weight excluding hydrogens is 324 g/mol. The molecule has 0 fully saturated rings. The molecule has 1 aromatic heterocycles. The monoisotopic (exact) mass is 340 g/mol. The van der Waals surface area contributed by atoms with E-state index in [0.29, 0.717) is 19.5 Å². The molecule has 0 saturated carbocycles. The second-order valence-corrected chi connectivity index (χ2v) is 5.11. The van der Waals surface area contributed by atoms with Gasteiger partial charge in [-0.15, -0.1) is 5.10 Å². The second-order valence-electron chi connectivity index (χ2n) is 4.25. The van der Waals surface area contributed by atoms with Crippen molar-refractivity contribution >= 4 is 21.6 Å². The van der Waals surface area contributed by atoms with E-state index in [2.05, 4.69) is 31.6 Å². The number of aromatic nitrogens is 3. The van der Waals surface area contributed by atoms with Crippen LogP contribution in [0.15, 0.2) is 28.9 Å². The van der Waals surface area contributed by atoms with E-state index in [1.807, 2.05) is 24.4 Å². The third kappa shape index (κ3) is 3.94. The first kappa shape index (κ1) is 14.8. The molecule has 0 unspecified atom stereocenters. The van der Waals surface area contributed by atoms with E-state index in [1.165, 1.54) is 0 Å². The minimum Gasteiger partial charge on any atom is -0.495 e. The Bertz CT molecular complexity index is 559. The number of aliphatic hydroxyl groups is 1. The molecule has 2 rings (SSSR count). The highest BCUT2D eigenvalue weighted by Crippen LogP contribution is 2.27. The Morgan fingerprint density at radius 3 is 3.05 bits per heavy atom. The number of ether oxygens (including phenoxy) is 1. The summed E-state index contributed by atoms with van der Waals surface area (Å²) in [5.41, 5.74) is 1.81. The number of hydrogen-bond acceptors (Lipinski definition) is 5. The number of nitrogens with one attached hydrogen (secondary N) is 1. The molecule has 0 saturated heterocycles. The maximum absolute atomic E-state index is 8.77. The summed E-state index contributed by atoms with van der Waals surface area (Å²) in [4.78, 5) is 0. The second kappa shape index (κ2) is 7.25. The van der Waals surface area contributed by atoms with Gasteiger partial charge in [0.25, 0.3) is 0 Å². The molecular formula is C13H17BrN4O2. The van der Waals surface area contributed by atoms with Crippen LogP contribution in [-0.2, 0) is 13.1 Å². The first-order valence-electron chi connectivity index (χ1n) is 6.30. The number of methoxy groups -OCH3 is 1. The summed E-state index contributed by atoms with van der Waals surface area (Å²) in [5, 5.41) is 20.1. The summed E-state index contributed by atoms with van der Waals surface area (Å²) in [6, 6.07) is 5.81. The number of anilines is 1. The zero-order valence-corrected chi connectivity index (χ0v) is 12.8. The van der Waals surface area contributed by atoms with Crippen LogP contribution in [0.1, 0.15) is 12.1 Å². The number of hydrogen-bond donors (Lipinski definition) is 2. The van der Waals surface area contributed by atoms with Crippen molar-refractivity contribution in [1.82, 2.24) is 15.0 Å². The predicted molar refractivity (Wildman–Crippen MR) is 79.7 cm³/mol. The molecule has 0 amide bonds. The molecule has 2 N–H and O–H groups in total. The SMILES string of the molecule is COc1cc(NCc2cn(CCCO)nn2)ccc1Br. The van der Waals surface area contributed by atoms with Crippen molar-refractivity contribution < 1.29 is 9.84 Å². The van der Waals surface area contributed by atoms with Crippen LogP contribution in [0, 0.1) is 0 Å². The highest BCUT2D eigenvalue weighted by Gasteiger charge is 2.03. The number of aliphatic hydroxyl groups excluding tert-OH is 1. The Balaban J connectivity index is 1.93. The summed E-state index contributed by atoms with van der Waals surface area (Å²) in [6.07, 6.45) is 2.55. The molecule has 108 valence electrons. The number of rotatable bonds is 7. The summed E-state index contributed by atoms with van der Waals surface area (Å²) in [7, 11) is 1.64. The van der Waals surface area contributed by atoms with Crippen LogP contribution in [0.25, 0.3) is 0 Å². The van der Waals surface area contributed by atoms with Gasteiger partial charge < -0.3 is 15.2 Å². The van der Waals surface area contributed by atoms with Gasteiger partial charge in [0, 0.05) is 24.9 Å². The lowest BCUT2D eigenvalue weighted by Gasteiger charge is -2.08. The first-order valence-corrected chi connectivity index (χ1v) is 7.09. The van der Waals surface area contributed by atoms with Gasteiger partial charge in [0.1, 0.15) is 11.4 Å². The highest BCUT2D eigenvalue weighted by molar-refractivity contribution is 9.10. The standard InChI is InChI=1S/C13H17BrN4O2/c1-20-13-7-10(3-4-12(13)14)15-8-11-9-18(17-16-11)5-2-6-19/h3-4,7,9,15,19H,2,5-6,8H2,1H3. The summed E-state index contributed by atoms with van der Waals surface area (Å²) >= 11 is 3.42. The molecule has 0 aliphatic heterocycles. The van der Waals surface area contributed by atoms with Crippen molar-refractivity contribution in [3.8, 4) is 5.75 Å². The zero-order valence-electron chi connectivity index (χ0n) is 11.2. The molecule has 0 aliphatic carbocycles. The Hall–Kier alpha value is -1.60. The van der Waals surface area contributed by atoms with Gasteiger partial charge in [-0.25, -0.2) is 0 Å². The maximum Gasteiger partial charge on any atom is 0.135 e. The molecule has 0 radical (unpaired) electrons. The van der Waals surface area contributed by atoms with E-state index >= 15 is 0 Å². The largest absolute Gasteiger partial charge is 0.495 e. The molecule has 6 nitrogen and oxygen atoms in total. The Labute approximate surface area is 125 Å². The lowest BCUT2D eigenvalue weighted by atomic mass is 10.3. The number of aryl methyl sites for hydroxylation is 1. The Morgan fingerprint density at radius 1 is 1.45 bits per heavy atom. The van der Waals surface area contributed by atoms with Crippen LogP contribution in [-0.4, -0.2) is 33.8 Å². The van der Waals surface area contributed by atoms with Crippen molar-refractivity contribution in [2.45, 2.75) is 19.5 Å². The minimum absolute atomic E-state index is 0.159. The third-order valence-electron chi connectivity index (χ3n) is 2.76. The molecule has 2 aromatic rings. The molecule has 20 heavy (non-hydrogen) atoms. The van der Waals surface area contributed by atoms with Crippen molar-refractivity contribution in [2.24, 2.45) is 0 Å². The Morgan fingerprint density at radius 2 is 2.30 bits per heavy atom. The van der Waals surface area contributed by atoms with Crippen molar-refractivity contribution in [3.05, 3.63) is 34.6 Å². The topological polar surface area (TPSA) is 72.2 Å². The molecule has 0 atom stereocenters. The maximum atomic E-state index is 8.77. The van der Waals surface area contributed by atoms with Gasteiger partial charge in [-0.2, -0.15) is 0 Å². The fraction of sp³-hybridized carbons (Fsp3) is 0.385. The van der Waals surface area contributed by atoms with Crippen molar-refractivity contribution in [2.75, 3.05) is 19.0 Å². The smallest absolute Gasteiger partial charge is 0.135 e. The minimum atomic E-state index is 0.159. The van der Waals surface area contributed by atoms with E-state index in [4.69, 9.17) is 9.84 Å². The predicted octanol–water partition coefficient (Wildman–Crippen LogP) is 2.04. The van der Waals surface area contributed by atoms with Gasteiger partial charge in [-0.05, 0) is 34.5 Å². The first-order chi connectivity index (χ1) is 9.72. The molecule has 7 heteroatoms. The summed E-state index contributed by atoms with van der Waals surface area (Å²) < 4.78 is 7.89. The zero-order chi connectivity index (χ0) is 14.4. The lowest BCUT2D eigenvalue weighted by Crippen LogP contribution is -2.01. The molecule has 0 bridgehead atoms. The van der Waals surface area contributed by atoms with Gasteiger partial charge in [0.2, 0.25) is 0 Å². The van der Waals surface area contributed by atoms with Crippen LogP contribution in [0.4, 0.5) is 5.69 Å². The normalized spacial score (nSPS) is 10.6. The molecule has 1 heterocycles. The van der Waals surface area contributed by atoms with Crippen molar-refractivity contribution in [3.63, 3.8) is 0 Å². The van der Waals surface area contributed by atoms with E-state index in [9.17, 15) is 0 Å². The van der Waals surface area contributed by atoms with Crippen LogP contribution >= 0.6 is 15.9 Å². The fourth-order valence-electron chi connectivity index (χ4n) is 1.72. The molecule has 0 spiro atoms. The quantitative estimate of drug-likeness (QED) is 0.806. The average Bonchev–Trinajstić information content (AvgIpc) is 2.92. The van der Waals surface area contributed by atoms with Crippen LogP contribution < -0.4 is 10.1 Å². The highest BCUT2D eigenvalue weighted by atomic mass is 79.9.